The van der Waals surface area contributed by atoms with Crippen molar-refractivity contribution < 1.29 is 10.2 Å². The second-order valence-electron chi connectivity index (χ2n) is 4.28. The van der Waals surface area contributed by atoms with Crippen LogP contribution in [0.25, 0.3) is 0 Å². The molecule has 0 saturated heterocycles. The predicted molar refractivity (Wildman–Crippen MR) is 64.0 cm³/mol. The van der Waals surface area contributed by atoms with Gasteiger partial charge in [0.1, 0.15) is 0 Å². The molecule has 92 valence electrons. The van der Waals surface area contributed by atoms with E-state index in [0.29, 0.717) is 13.1 Å². The van der Waals surface area contributed by atoms with E-state index in [1.54, 1.807) is 0 Å². The van der Waals surface area contributed by atoms with Gasteiger partial charge in [-0.05, 0) is 25.8 Å². The van der Waals surface area contributed by atoms with Gasteiger partial charge in [-0.3, -0.25) is 4.90 Å². The Labute approximate surface area is 94.1 Å². The number of rotatable bonds is 9. The first-order valence-electron chi connectivity index (χ1n) is 6.17. The van der Waals surface area contributed by atoms with Gasteiger partial charge in [-0.25, -0.2) is 0 Å². The predicted octanol–water partition coefficient (Wildman–Crippen LogP) is 1.63. The summed E-state index contributed by atoms with van der Waals surface area (Å²) in [7, 11) is 0. The molecule has 0 spiro atoms. The molecule has 0 atom stereocenters. The van der Waals surface area contributed by atoms with Gasteiger partial charge in [0.2, 0.25) is 0 Å². The Kier molecular flexibility index (Phi) is 8.02. The molecule has 0 rings (SSSR count). The fourth-order valence-corrected chi connectivity index (χ4v) is 1.68. The van der Waals surface area contributed by atoms with Crippen molar-refractivity contribution in [1.29, 1.82) is 0 Å². The minimum absolute atomic E-state index is 0.174. The molecular formula is C12H27NO2. The molecule has 0 heterocycles. The van der Waals surface area contributed by atoms with Crippen LogP contribution in [0.15, 0.2) is 0 Å². The van der Waals surface area contributed by atoms with E-state index < -0.39 is 5.60 Å². The van der Waals surface area contributed by atoms with E-state index in [2.05, 4.69) is 11.8 Å². The summed E-state index contributed by atoms with van der Waals surface area (Å²) < 4.78 is 0. The quantitative estimate of drug-likeness (QED) is 0.617. The first kappa shape index (κ1) is 14.9. The Bertz CT molecular complexity index is 147. The van der Waals surface area contributed by atoms with Gasteiger partial charge in [-0.1, -0.05) is 27.2 Å². The maximum absolute atomic E-state index is 10.2. The number of nitrogens with zero attached hydrogens (tertiary/aromatic N) is 1. The average molecular weight is 217 g/mol. The third kappa shape index (κ3) is 6.13. The van der Waals surface area contributed by atoms with E-state index in [4.69, 9.17) is 5.11 Å². The normalized spacial score (nSPS) is 12.4. The van der Waals surface area contributed by atoms with E-state index in [9.17, 15) is 5.11 Å². The van der Waals surface area contributed by atoms with Crippen molar-refractivity contribution >= 4 is 0 Å². The van der Waals surface area contributed by atoms with E-state index in [-0.39, 0.29) is 6.61 Å². The van der Waals surface area contributed by atoms with E-state index in [0.717, 1.165) is 32.2 Å². The lowest BCUT2D eigenvalue weighted by Crippen LogP contribution is -2.43. The second kappa shape index (κ2) is 8.08. The molecule has 15 heavy (non-hydrogen) atoms. The van der Waals surface area contributed by atoms with Gasteiger partial charge in [0.05, 0.1) is 12.2 Å². The molecule has 0 saturated carbocycles. The summed E-state index contributed by atoms with van der Waals surface area (Å²) in [4.78, 5) is 2.16. The molecule has 2 N–H and O–H groups in total. The van der Waals surface area contributed by atoms with Gasteiger partial charge in [-0.2, -0.15) is 0 Å². The first-order chi connectivity index (χ1) is 7.11. The van der Waals surface area contributed by atoms with Gasteiger partial charge in [0.25, 0.3) is 0 Å². The van der Waals surface area contributed by atoms with Crippen LogP contribution in [0.4, 0.5) is 0 Å². The summed E-state index contributed by atoms with van der Waals surface area (Å²) in [6.45, 7) is 8.68. The van der Waals surface area contributed by atoms with Gasteiger partial charge in [-0.15, -0.1) is 0 Å². The summed E-state index contributed by atoms with van der Waals surface area (Å²) in [6, 6.07) is 0. The van der Waals surface area contributed by atoms with Gasteiger partial charge in [0.15, 0.2) is 0 Å². The summed E-state index contributed by atoms with van der Waals surface area (Å²) in [5, 5.41) is 19.2. The van der Waals surface area contributed by atoms with Gasteiger partial charge in [0, 0.05) is 13.1 Å². The van der Waals surface area contributed by atoms with Crippen LogP contribution in [0.5, 0.6) is 0 Å². The Morgan fingerprint density at radius 3 is 2.07 bits per heavy atom. The van der Waals surface area contributed by atoms with Crippen LogP contribution in [0, 0.1) is 0 Å². The molecule has 0 fully saturated rings. The molecule has 0 aliphatic heterocycles. The zero-order valence-electron chi connectivity index (χ0n) is 10.5. The fraction of sp³-hybridized carbons (Fsp3) is 1.00. The summed E-state index contributed by atoms with van der Waals surface area (Å²) in [5.41, 5.74) is -0.580. The van der Waals surface area contributed by atoms with Crippen molar-refractivity contribution in [2.24, 2.45) is 0 Å². The molecule has 3 heteroatoms. The molecule has 0 aromatic heterocycles. The lowest BCUT2D eigenvalue weighted by Gasteiger charge is -2.32. The molecule has 0 aromatic carbocycles. The monoisotopic (exact) mass is 217 g/mol. The largest absolute Gasteiger partial charge is 0.395 e. The SMILES string of the molecule is CCCCN(CCO)CC(O)(CC)CC. The zero-order chi connectivity index (χ0) is 11.7. The molecule has 0 aliphatic carbocycles. The summed E-state index contributed by atoms with van der Waals surface area (Å²) >= 11 is 0. The smallest absolute Gasteiger partial charge is 0.0768 e. The number of aliphatic hydroxyl groups is 2. The van der Waals surface area contributed by atoms with Crippen molar-refractivity contribution in [3.8, 4) is 0 Å². The lowest BCUT2D eigenvalue weighted by atomic mass is 9.96. The summed E-state index contributed by atoms with van der Waals surface area (Å²) in [6.07, 6.45) is 3.83. The Morgan fingerprint density at radius 1 is 1.07 bits per heavy atom. The molecule has 0 aliphatic rings. The van der Waals surface area contributed by atoms with Crippen molar-refractivity contribution in [3.63, 3.8) is 0 Å². The van der Waals surface area contributed by atoms with E-state index >= 15 is 0 Å². The third-order valence-electron chi connectivity index (χ3n) is 3.08. The van der Waals surface area contributed by atoms with Crippen LogP contribution in [-0.4, -0.2) is 47.0 Å². The molecule has 0 radical (unpaired) electrons. The van der Waals surface area contributed by atoms with Crippen LogP contribution in [-0.2, 0) is 0 Å². The molecule has 0 amide bonds. The fourth-order valence-electron chi connectivity index (χ4n) is 1.68. The number of hydrogen-bond acceptors (Lipinski definition) is 3. The maximum Gasteiger partial charge on any atom is 0.0768 e. The Morgan fingerprint density at radius 2 is 1.67 bits per heavy atom. The van der Waals surface area contributed by atoms with Crippen LogP contribution in [0.2, 0.25) is 0 Å². The minimum atomic E-state index is -0.580. The van der Waals surface area contributed by atoms with Crippen molar-refractivity contribution in [1.82, 2.24) is 4.90 Å². The first-order valence-corrected chi connectivity index (χ1v) is 6.17. The minimum Gasteiger partial charge on any atom is -0.395 e. The zero-order valence-corrected chi connectivity index (χ0v) is 10.5. The van der Waals surface area contributed by atoms with Crippen molar-refractivity contribution in [3.05, 3.63) is 0 Å². The number of aliphatic hydroxyl groups excluding tert-OH is 1. The van der Waals surface area contributed by atoms with Crippen LogP contribution >= 0.6 is 0 Å². The van der Waals surface area contributed by atoms with Gasteiger partial charge >= 0.3 is 0 Å². The van der Waals surface area contributed by atoms with E-state index in [1.807, 2.05) is 13.8 Å². The standard InChI is InChI=1S/C12H27NO2/c1-4-7-8-13(9-10-14)11-12(15,5-2)6-3/h14-15H,4-11H2,1-3H3. The molecule has 0 unspecified atom stereocenters. The third-order valence-corrected chi connectivity index (χ3v) is 3.08. The van der Waals surface area contributed by atoms with Crippen LogP contribution in [0.1, 0.15) is 46.5 Å². The highest BCUT2D eigenvalue weighted by molar-refractivity contribution is 4.79. The highest BCUT2D eigenvalue weighted by atomic mass is 16.3. The molecule has 0 aromatic rings. The Balaban J connectivity index is 4.11. The van der Waals surface area contributed by atoms with Gasteiger partial charge < -0.3 is 10.2 Å². The molecular weight excluding hydrogens is 190 g/mol. The molecule has 0 bridgehead atoms. The van der Waals surface area contributed by atoms with Crippen LogP contribution in [0.3, 0.4) is 0 Å². The van der Waals surface area contributed by atoms with Crippen molar-refractivity contribution in [2.75, 3.05) is 26.2 Å². The number of unbranched alkanes of at least 4 members (excludes halogenated alkanes) is 1. The average Bonchev–Trinajstić information content (AvgIpc) is 2.26. The van der Waals surface area contributed by atoms with Crippen LogP contribution < -0.4 is 0 Å². The molecule has 3 nitrogen and oxygen atoms in total. The maximum atomic E-state index is 10.2. The Hall–Kier alpha value is -0.120. The topological polar surface area (TPSA) is 43.7 Å². The lowest BCUT2D eigenvalue weighted by molar-refractivity contribution is -0.00700. The summed E-state index contributed by atoms with van der Waals surface area (Å²) in [5.74, 6) is 0. The highest BCUT2D eigenvalue weighted by Crippen LogP contribution is 2.16. The van der Waals surface area contributed by atoms with E-state index in [1.165, 1.54) is 0 Å². The highest BCUT2D eigenvalue weighted by Gasteiger charge is 2.24. The second-order valence-corrected chi connectivity index (χ2v) is 4.28. The van der Waals surface area contributed by atoms with Crippen molar-refractivity contribution in [2.45, 2.75) is 52.1 Å². The number of hydrogen-bond donors (Lipinski definition) is 2.